The number of rotatable bonds is 2. The summed E-state index contributed by atoms with van der Waals surface area (Å²) in [6, 6.07) is 0.546. The Morgan fingerprint density at radius 2 is 2.19 bits per heavy atom. The minimum absolute atomic E-state index is 0.546. The van der Waals surface area contributed by atoms with Gasteiger partial charge in [-0.1, -0.05) is 0 Å². The van der Waals surface area contributed by atoms with Gasteiger partial charge in [0.1, 0.15) is 5.82 Å². The van der Waals surface area contributed by atoms with Gasteiger partial charge in [-0.15, -0.1) is 0 Å². The van der Waals surface area contributed by atoms with Crippen LogP contribution in [0.15, 0.2) is 6.20 Å². The minimum atomic E-state index is 0.546. The maximum absolute atomic E-state index is 4.58. The van der Waals surface area contributed by atoms with E-state index in [0.717, 1.165) is 30.3 Å². The molecule has 88 valence electrons. The van der Waals surface area contributed by atoms with Gasteiger partial charge in [0.05, 0.1) is 17.6 Å². The molecule has 2 rings (SSSR count). The maximum atomic E-state index is 4.58. The smallest absolute Gasteiger partial charge is 0.147 e. The second kappa shape index (κ2) is 4.78. The molecule has 2 heterocycles. The molecule has 1 saturated heterocycles. The van der Waals surface area contributed by atoms with Crippen molar-refractivity contribution in [3.8, 4) is 0 Å². The lowest BCUT2D eigenvalue weighted by atomic mass is 10.1. The largest absolute Gasteiger partial charge is 0.354 e. The molecule has 16 heavy (non-hydrogen) atoms. The molecule has 1 aromatic heterocycles. The van der Waals surface area contributed by atoms with Crippen LogP contribution >= 0.6 is 0 Å². The summed E-state index contributed by atoms with van der Waals surface area (Å²) in [5, 5.41) is 3.42. The topological polar surface area (TPSA) is 41.1 Å². The molecule has 1 atom stereocenters. The normalized spacial score (nSPS) is 20.8. The highest BCUT2D eigenvalue weighted by Crippen LogP contribution is 2.16. The molecule has 1 fully saturated rings. The zero-order valence-corrected chi connectivity index (χ0v) is 10.3. The Balaban J connectivity index is 2.12. The first-order valence-corrected chi connectivity index (χ1v) is 5.92. The molecular weight excluding hydrogens is 200 g/mol. The number of anilines is 1. The van der Waals surface area contributed by atoms with Crippen LogP contribution in [-0.4, -0.2) is 36.1 Å². The van der Waals surface area contributed by atoms with Crippen molar-refractivity contribution in [2.75, 3.05) is 25.0 Å². The number of nitrogens with one attached hydrogen (secondary N) is 1. The van der Waals surface area contributed by atoms with Crippen molar-refractivity contribution >= 4 is 5.82 Å². The lowest BCUT2D eigenvalue weighted by Crippen LogP contribution is -2.44. The van der Waals surface area contributed by atoms with E-state index in [9.17, 15) is 0 Å². The predicted octanol–water partition coefficient (Wildman–Crippen LogP) is 1.28. The van der Waals surface area contributed by atoms with E-state index < -0.39 is 0 Å². The number of hydrogen-bond donors (Lipinski definition) is 1. The van der Waals surface area contributed by atoms with Crippen LogP contribution in [0.3, 0.4) is 0 Å². The Kier molecular flexibility index (Phi) is 3.39. The van der Waals surface area contributed by atoms with Gasteiger partial charge in [-0.2, -0.15) is 0 Å². The zero-order valence-electron chi connectivity index (χ0n) is 10.3. The molecule has 1 aromatic rings. The minimum Gasteiger partial charge on any atom is -0.354 e. The molecule has 1 aliphatic heterocycles. The second-order valence-corrected chi connectivity index (χ2v) is 4.51. The van der Waals surface area contributed by atoms with E-state index in [2.05, 4.69) is 27.2 Å². The monoisotopic (exact) mass is 220 g/mol. The third-order valence-corrected chi connectivity index (χ3v) is 3.36. The van der Waals surface area contributed by atoms with E-state index in [1.807, 2.05) is 20.0 Å². The van der Waals surface area contributed by atoms with Crippen LogP contribution in [0.4, 0.5) is 5.82 Å². The summed E-state index contributed by atoms with van der Waals surface area (Å²) in [6.45, 7) is 6.20. The van der Waals surface area contributed by atoms with Crippen molar-refractivity contribution in [2.45, 2.75) is 32.7 Å². The molecule has 1 unspecified atom stereocenters. The van der Waals surface area contributed by atoms with Gasteiger partial charge < -0.3 is 10.2 Å². The number of nitrogens with zero attached hydrogens (tertiary/aromatic N) is 3. The van der Waals surface area contributed by atoms with Crippen LogP contribution in [0.1, 0.15) is 24.2 Å². The molecule has 0 aromatic carbocycles. The Labute approximate surface area is 97.1 Å². The van der Waals surface area contributed by atoms with Gasteiger partial charge in [-0.25, -0.2) is 4.98 Å². The Hall–Kier alpha value is -1.16. The third kappa shape index (κ3) is 2.32. The fourth-order valence-corrected chi connectivity index (χ4v) is 2.05. The van der Waals surface area contributed by atoms with Gasteiger partial charge in [-0.05, 0) is 33.2 Å². The van der Waals surface area contributed by atoms with Crippen LogP contribution in [0, 0.1) is 13.8 Å². The molecule has 0 radical (unpaired) electrons. The summed E-state index contributed by atoms with van der Waals surface area (Å²) in [7, 11) is 2.11. The van der Waals surface area contributed by atoms with Crippen molar-refractivity contribution in [3.63, 3.8) is 0 Å². The molecule has 0 aliphatic carbocycles. The molecule has 4 nitrogen and oxygen atoms in total. The SMILES string of the molecule is Cc1ncc(N(C)C2CCCNC2)nc1C. The van der Waals surface area contributed by atoms with E-state index >= 15 is 0 Å². The van der Waals surface area contributed by atoms with Crippen LogP contribution in [0.25, 0.3) is 0 Å². The van der Waals surface area contributed by atoms with Crippen LogP contribution in [0.5, 0.6) is 0 Å². The molecule has 4 heteroatoms. The average molecular weight is 220 g/mol. The van der Waals surface area contributed by atoms with E-state index in [4.69, 9.17) is 0 Å². The quantitative estimate of drug-likeness (QED) is 0.815. The van der Waals surface area contributed by atoms with Crippen LogP contribution in [-0.2, 0) is 0 Å². The van der Waals surface area contributed by atoms with E-state index in [-0.39, 0.29) is 0 Å². The van der Waals surface area contributed by atoms with E-state index in [0.29, 0.717) is 6.04 Å². The van der Waals surface area contributed by atoms with Gasteiger partial charge in [0, 0.05) is 19.6 Å². The van der Waals surface area contributed by atoms with Gasteiger partial charge in [-0.3, -0.25) is 4.98 Å². The number of aryl methyl sites for hydroxylation is 2. The number of likely N-dealkylation sites (N-methyl/N-ethyl adjacent to an activating group) is 1. The maximum Gasteiger partial charge on any atom is 0.147 e. The summed E-state index contributed by atoms with van der Waals surface area (Å²) >= 11 is 0. The van der Waals surface area contributed by atoms with Gasteiger partial charge >= 0.3 is 0 Å². The van der Waals surface area contributed by atoms with Crippen LogP contribution in [0.2, 0.25) is 0 Å². The van der Waals surface area contributed by atoms with Crippen LogP contribution < -0.4 is 10.2 Å². The van der Waals surface area contributed by atoms with Crippen molar-refractivity contribution < 1.29 is 0 Å². The average Bonchev–Trinajstić information content (AvgIpc) is 2.33. The molecule has 1 N–H and O–H groups in total. The fourth-order valence-electron chi connectivity index (χ4n) is 2.05. The Morgan fingerprint density at radius 3 is 2.81 bits per heavy atom. The fraction of sp³-hybridized carbons (Fsp3) is 0.667. The van der Waals surface area contributed by atoms with Crippen molar-refractivity contribution in [1.82, 2.24) is 15.3 Å². The first kappa shape index (κ1) is 11.3. The van der Waals surface area contributed by atoms with Gasteiger partial charge in [0.15, 0.2) is 0 Å². The number of piperidine rings is 1. The lowest BCUT2D eigenvalue weighted by molar-refractivity contribution is 0.443. The Morgan fingerprint density at radius 1 is 1.38 bits per heavy atom. The molecule has 1 aliphatic rings. The first-order chi connectivity index (χ1) is 7.68. The lowest BCUT2D eigenvalue weighted by Gasteiger charge is -2.32. The molecule has 0 saturated carbocycles. The Bertz CT molecular complexity index is 358. The summed E-state index contributed by atoms with van der Waals surface area (Å²) in [4.78, 5) is 11.2. The highest BCUT2D eigenvalue weighted by Gasteiger charge is 2.19. The highest BCUT2D eigenvalue weighted by atomic mass is 15.2. The predicted molar refractivity (Wildman–Crippen MR) is 65.8 cm³/mol. The number of aromatic nitrogens is 2. The van der Waals surface area contributed by atoms with E-state index in [1.165, 1.54) is 12.8 Å². The summed E-state index contributed by atoms with van der Waals surface area (Å²) in [6.07, 6.45) is 4.35. The first-order valence-electron chi connectivity index (χ1n) is 5.92. The van der Waals surface area contributed by atoms with Crippen molar-refractivity contribution in [3.05, 3.63) is 17.6 Å². The molecule has 0 bridgehead atoms. The van der Waals surface area contributed by atoms with E-state index in [1.54, 1.807) is 0 Å². The second-order valence-electron chi connectivity index (χ2n) is 4.51. The third-order valence-electron chi connectivity index (χ3n) is 3.36. The summed E-state index contributed by atoms with van der Waals surface area (Å²) in [5.41, 5.74) is 2.03. The molecular formula is C12H20N4. The summed E-state index contributed by atoms with van der Waals surface area (Å²) in [5.74, 6) is 0.983. The highest BCUT2D eigenvalue weighted by molar-refractivity contribution is 5.38. The number of hydrogen-bond acceptors (Lipinski definition) is 4. The zero-order chi connectivity index (χ0) is 11.5. The molecule has 0 amide bonds. The van der Waals surface area contributed by atoms with Crippen molar-refractivity contribution in [2.24, 2.45) is 0 Å². The molecule has 0 spiro atoms. The van der Waals surface area contributed by atoms with Crippen molar-refractivity contribution in [1.29, 1.82) is 0 Å². The summed E-state index contributed by atoms with van der Waals surface area (Å²) < 4.78 is 0. The van der Waals surface area contributed by atoms with Gasteiger partial charge in [0.2, 0.25) is 0 Å². The standard InChI is InChI=1S/C12H20N4/c1-9-10(2)15-12(8-14-9)16(3)11-5-4-6-13-7-11/h8,11,13H,4-7H2,1-3H3. The van der Waals surface area contributed by atoms with Gasteiger partial charge in [0.25, 0.3) is 0 Å².